The Hall–Kier alpha value is -1.19. The van der Waals surface area contributed by atoms with E-state index in [1.807, 2.05) is 10.9 Å². The predicted octanol–water partition coefficient (Wildman–Crippen LogP) is 4.18. The fourth-order valence-corrected chi connectivity index (χ4v) is 1.95. The van der Waals surface area contributed by atoms with E-state index in [0.717, 1.165) is 24.3 Å². The van der Waals surface area contributed by atoms with Crippen LogP contribution in [0.25, 0.3) is 0 Å². The lowest BCUT2D eigenvalue weighted by Crippen LogP contribution is -1.97. The molecule has 0 amide bonds. The van der Waals surface area contributed by atoms with Crippen molar-refractivity contribution in [1.29, 1.82) is 0 Å². The number of aryl methyl sites for hydroxylation is 1. The third kappa shape index (κ3) is 3.40. The van der Waals surface area contributed by atoms with Gasteiger partial charge < -0.3 is 4.74 Å². The lowest BCUT2D eigenvalue weighted by molar-refractivity contribution is 0.306. The average molecular weight is 285 g/mol. The SMILES string of the molecule is CCCn1cc(OCc2cc(Cl)ccc2Cl)cn1. The smallest absolute Gasteiger partial charge is 0.157 e. The summed E-state index contributed by atoms with van der Waals surface area (Å²) in [5.41, 5.74) is 0.868. The summed E-state index contributed by atoms with van der Waals surface area (Å²) in [7, 11) is 0. The summed E-state index contributed by atoms with van der Waals surface area (Å²) < 4.78 is 7.48. The highest BCUT2D eigenvalue weighted by atomic mass is 35.5. The second-order valence-electron chi connectivity index (χ2n) is 3.96. The molecule has 0 atom stereocenters. The van der Waals surface area contributed by atoms with E-state index < -0.39 is 0 Å². The molecule has 0 fully saturated rings. The number of nitrogens with zero attached hydrogens (tertiary/aromatic N) is 2. The number of rotatable bonds is 5. The van der Waals surface area contributed by atoms with Gasteiger partial charge in [-0.3, -0.25) is 4.68 Å². The largest absolute Gasteiger partial charge is 0.486 e. The third-order valence-electron chi connectivity index (χ3n) is 2.46. The monoisotopic (exact) mass is 284 g/mol. The van der Waals surface area contributed by atoms with E-state index >= 15 is 0 Å². The first-order valence-corrected chi connectivity index (χ1v) is 6.54. The van der Waals surface area contributed by atoms with Gasteiger partial charge in [-0.25, -0.2) is 0 Å². The van der Waals surface area contributed by atoms with Crippen molar-refractivity contribution in [2.45, 2.75) is 26.5 Å². The van der Waals surface area contributed by atoms with Gasteiger partial charge in [-0.1, -0.05) is 30.1 Å². The highest BCUT2D eigenvalue weighted by molar-refractivity contribution is 6.33. The number of benzene rings is 1. The molecule has 1 heterocycles. The maximum Gasteiger partial charge on any atom is 0.157 e. The summed E-state index contributed by atoms with van der Waals surface area (Å²) in [5.74, 6) is 0.736. The third-order valence-corrected chi connectivity index (χ3v) is 3.07. The van der Waals surface area contributed by atoms with E-state index in [2.05, 4.69) is 12.0 Å². The average Bonchev–Trinajstić information content (AvgIpc) is 2.79. The van der Waals surface area contributed by atoms with Crippen molar-refractivity contribution in [3.8, 4) is 5.75 Å². The molecular weight excluding hydrogens is 271 g/mol. The van der Waals surface area contributed by atoms with Crippen LogP contribution in [0.1, 0.15) is 18.9 Å². The molecule has 0 saturated carbocycles. The molecule has 0 aliphatic heterocycles. The van der Waals surface area contributed by atoms with Crippen LogP contribution in [0.15, 0.2) is 30.6 Å². The minimum atomic E-state index is 0.386. The predicted molar refractivity (Wildman–Crippen MR) is 73.3 cm³/mol. The second kappa shape index (κ2) is 6.12. The van der Waals surface area contributed by atoms with Gasteiger partial charge in [-0.2, -0.15) is 5.10 Å². The van der Waals surface area contributed by atoms with E-state index in [0.29, 0.717) is 16.7 Å². The van der Waals surface area contributed by atoms with Crippen LogP contribution in [-0.4, -0.2) is 9.78 Å². The Bertz CT molecular complexity index is 525. The van der Waals surface area contributed by atoms with Crippen LogP contribution in [-0.2, 0) is 13.2 Å². The molecule has 2 rings (SSSR count). The zero-order chi connectivity index (χ0) is 13.0. The second-order valence-corrected chi connectivity index (χ2v) is 4.81. The molecule has 5 heteroatoms. The molecule has 0 unspecified atom stereocenters. The first-order valence-electron chi connectivity index (χ1n) is 5.78. The van der Waals surface area contributed by atoms with Crippen LogP contribution >= 0.6 is 23.2 Å². The van der Waals surface area contributed by atoms with E-state index in [4.69, 9.17) is 27.9 Å². The van der Waals surface area contributed by atoms with Gasteiger partial charge in [0.25, 0.3) is 0 Å². The Kier molecular flexibility index (Phi) is 4.50. The summed E-state index contributed by atoms with van der Waals surface area (Å²) in [6, 6.07) is 5.33. The molecule has 0 radical (unpaired) electrons. The lowest BCUT2D eigenvalue weighted by atomic mass is 10.2. The fraction of sp³-hybridized carbons (Fsp3) is 0.308. The van der Waals surface area contributed by atoms with E-state index in [1.54, 1.807) is 24.4 Å². The molecule has 96 valence electrons. The van der Waals surface area contributed by atoms with Crippen LogP contribution in [0.4, 0.5) is 0 Å². The van der Waals surface area contributed by atoms with Crippen molar-refractivity contribution in [3.63, 3.8) is 0 Å². The van der Waals surface area contributed by atoms with Crippen molar-refractivity contribution >= 4 is 23.2 Å². The van der Waals surface area contributed by atoms with Gasteiger partial charge in [0.2, 0.25) is 0 Å². The van der Waals surface area contributed by atoms with Gasteiger partial charge in [-0.15, -0.1) is 0 Å². The fourth-order valence-electron chi connectivity index (χ4n) is 1.59. The highest BCUT2D eigenvalue weighted by Gasteiger charge is 2.04. The molecule has 0 aliphatic rings. The highest BCUT2D eigenvalue weighted by Crippen LogP contribution is 2.22. The minimum Gasteiger partial charge on any atom is -0.486 e. The summed E-state index contributed by atoms with van der Waals surface area (Å²) in [5, 5.41) is 5.50. The Morgan fingerprint density at radius 1 is 1.33 bits per heavy atom. The van der Waals surface area contributed by atoms with Crippen LogP contribution in [0.5, 0.6) is 5.75 Å². The number of aromatic nitrogens is 2. The Balaban J connectivity index is 1.99. The van der Waals surface area contributed by atoms with Crippen molar-refractivity contribution in [3.05, 3.63) is 46.2 Å². The maximum atomic E-state index is 6.06. The van der Waals surface area contributed by atoms with Crippen molar-refractivity contribution < 1.29 is 4.74 Å². The Morgan fingerprint density at radius 3 is 2.94 bits per heavy atom. The van der Waals surface area contributed by atoms with E-state index in [-0.39, 0.29) is 0 Å². The van der Waals surface area contributed by atoms with Crippen molar-refractivity contribution in [2.75, 3.05) is 0 Å². The van der Waals surface area contributed by atoms with Gasteiger partial charge in [0.15, 0.2) is 5.75 Å². The van der Waals surface area contributed by atoms with E-state index in [9.17, 15) is 0 Å². The quantitative estimate of drug-likeness (QED) is 0.824. The maximum absolute atomic E-state index is 6.06. The van der Waals surface area contributed by atoms with Gasteiger partial charge in [0, 0.05) is 22.2 Å². The number of halogens is 2. The van der Waals surface area contributed by atoms with Gasteiger partial charge >= 0.3 is 0 Å². The summed E-state index contributed by atoms with van der Waals surface area (Å²) in [6.07, 6.45) is 4.62. The molecule has 0 bridgehead atoms. The topological polar surface area (TPSA) is 27.1 Å². The summed E-state index contributed by atoms with van der Waals surface area (Å²) in [6.45, 7) is 3.38. The van der Waals surface area contributed by atoms with Crippen LogP contribution in [0.3, 0.4) is 0 Å². The molecule has 0 spiro atoms. The zero-order valence-corrected chi connectivity index (χ0v) is 11.6. The van der Waals surface area contributed by atoms with Crippen LogP contribution in [0, 0.1) is 0 Å². The zero-order valence-electron chi connectivity index (χ0n) is 10.1. The molecule has 0 aliphatic carbocycles. The van der Waals surface area contributed by atoms with E-state index in [1.165, 1.54) is 0 Å². The van der Waals surface area contributed by atoms with Crippen LogP contribution in [0.2, 0.25) is 10.0 Å². The summed E-state index contributed by atoms with van der Waals surface area (Å²) >= 11 is 12.0. The molecule has 3 nitrogen and oxygen atoms in total. The molecule has 0 saturated heterocycles. The van der Waals surface area contributed by atoms with Crippen LogP contribution < -0.4 is 4.74 Å². The molecule has 0 N–H and O–H groups in total. The number of hydrogen-bond acceptors (Lipinski definition) is 2. The Labute approximate surface area is 116 Å². The molecule has 1 aromatic heterocycles. The number of hydrogen-bond donors (Lipinski definition) is 0. The van der Waals surface area contributed by atoms with Crippen molar-refractivity contribution in [1.82, 2.24) is 9.78 Å². The Morgan fingerprint density at radius 2 is 2.17 bits per heavy atom. The first kappa shape index (κ1) is 13.2. The minimum absolute atomic E-state index is 0.386. The standard InChI is InChI=1S/C13H14Cl2N2O/c1-2-5-17-8-12(7-16-17)18-9-10-6-11(14)3-4-13(10)15/h3-4,6-8H,2,5,9H2,1H3. The first-order chi connectivity index (χ1) is 8.69. The molecular formula is C13H14Cl2N2O. The molecule has 2 aromatic rings. The van der Waals surface area contributed by atoms with Gasteiger partial charge in [0.05, 0.1) is 12.4 Å². The molecule has 1 aromatic carbocycles. The van der Waals surface area contributed by atoms with Gasteiger partial charge in [0.1, 0.15) is 6.61 Å². The lowest BCUT2D eigenvalue weighted by Gasteiger charge is -2.06. The van der Waals surface area contributed by atoms with Gasteiger partial charge in [-0.05, 0) is 24.6 Å². The van der Waals surface area contributed by atoms with Crippen molar-refractivity contribution in [2.24, 2.45) is 0 Å². The molecule has 18 heavy (non-hydrogen) atoms. The normalized spacial score (nSPS) is 10.6. The number of ether oxygens (including phenoxy) is 1. The summed E-state index contributed by atoms with van der Waals surface area (Å²) in [4.78, 5) is 0.